The maximum absolute atomic E-state index is 4.57. The van der Waals surface area contributed by atoms with E-state index in [2.05, 4.69) is 66.1 Å². The predicted molar refractivity (Wildman–Crippen MR) is 94.2 cm³/mol. The average Bonchev–Trinajstić information content (AvgIpc) is 2.39. The summed E-state index contributed by atoms with van der Waals surface area (Å²) in [6.07, 6.45) is 1.92. The molecule has 1 N–H and O–H groups in total. The van der Waals surface area contributed by atoms with E-state index >= 15 is 0 Å². The predicted octanol–water partition coefficient (Wildman–Crippen LogP) is 3.90. The first kappa shape index (κ1) is 16.0. The molecule has 1 aliphatic heterocycles. The van der Waals surface area contributed by atoms with Gasteiger partial charge in [0.15, 0.2) is 0 Å². The quantitative estimate of drug-likeness (QED) is 0.757. The molecule has 0 aliphatic carbocycles. The van der Waals surface area contributed by atoms with Gasteiger partial charge in [-0.15, -0.1) is 12.4 Å². The van der Waals surface area contributed by atoms with Crippen LogP contribution < -0.4 is 10.2 Å². The highest BCUT2D eigenvalue weighted by Crippen LogP contribution is 2.36. The highest BCUT2D eigenvalue weighted by molar-refractivity contribution is 9.11. The number of fused-ring (bicyclic) bond motifs is 1. The molecular formula is C14H16Br2ClN3. The highest BCUT2D eigenvalue weighted by Gasteiger charge is 2.17. The Hall–Kier alpha value is -0.360. The summed E-state index contributed by atoms with van der Waals surface area (Å²) < 4.78 is 2.17. The van der Waals surface area contributed by atoms with E-state index in [1.165, 1.54) is 16.6 Å². The third-order valence-corrected chi connectivity index (χ3v) is 4.52. The van der Waals surface area contributed by atoms with Crippen LogP contribution in [0.5, 0.6) is 0 Å². The standard InChI is InChI=1S/C14H15Br2N3.ClH/c1-9-6-10(15)7-11-13(9)18-8-12(16)14(11)19-4-2-17-3-5-19;/h6-8,17H,2-5H2,1H3;1H. The fourth-order valence-electron chi connectivity index (χ4n) is 2.61. The van der Waals surface area contributed by atoms with Crippen LogP contribution in [0.1, 0.15) is 5.56 Å². The molecule has 0 amide bonds. The van der Waals surface area contributed by atoms with Crippen molar-refractivity contribution in [2.24, 2.45) is 0 Å². The Morgan fingerprint density at radius 3 is 2.60 bits per heavy atom. The van der Waals surface area contributed by atoms with Crippen molar-refractivity contribution in [1.29, 1.82) is 0 Å². The Morgan fingerprint density at radius 1 is 1.20 bits per heavy atom. The van der Waals surface area contributed by atoms with E-state index in [0.717, 1.165) is 40.6 Å². The summed E-state index contributed by atoms with van der Waals surface area (Å²) in [5.41, 5.74) is 3.55. The number of piperazine rings is 1. The monoisotopic (exact) mass is 419 g/mol. The molecule has 0 unspecified atom stereocenters. The second-order valence-electron chi connectivity index (χ2n) is 4.81. The molecule has 1 aromatic carbocycles. The lowest BCUT2D eigenvalue weighted by Gasteiger charge is -2.31. The zero-order valence-electron chi connectivity index (χ0n) is 11.1. The van der Waals surface area contributed by atoms with Gasteiger partial charge in [-0.05, 0) is 40.5 Å². The molecule has 0 bridgehead atoms. The fraction of sp³-hybridized carbons (Fsp3) is 0.357. The second-order valence-corrected chi connectivity index (χ2v) is 6.58. The summed E-state index contributed by atoms with van der Waals surface area (Å²) in [7, 11) is 0. The zero-order valence-corrected chi connectivity index (χ0v) is 15.1. The zero-order chi connectivity index (χ0) is 13.4. The van der Waals surface area contributed by atoms with Crippen molar-refractivity contribution in [3.05, 3.63) is 32.8 Å². The molecule has 2 heterocycles. The summed E-state index contributed by atoms with van der Waals surface area (Å²) in [4.78, 5) is 6.99. The van der Waals surface area contributed by atoms with Crippen LogP contribution in [0.4, 0.5) is 5.69 Å². The summed E-state index contributed by atoms with van der Waals surface area (Å²) in [5, 5.41) is 4.60. The summed E-state index contributed by atoms with van der Waals surface area (Å²) in [6, 6.07) is 4.28. The van der Waals surface area contributed by atoms with Crippen LogP contribution in [0, 0.1) is 6.92 Å². The van der Waals surface area contributed by atoms with Crippen LogP contribution in [0.15, 0.2) is 27.3 Å². The first-order valence-electron chi connectivity index (χ1n) is 6.37. The Balaban J connectivity index is 0.00000147. The SMILES string of the molecule is Cc1cc(Br)cc2c(N3CCNCC3)c(Br)cnc12.Cl. The molecule has 108 valence electrons. The van der Waals surface area contributed by atoms with Crippen LogP contribution in [-0.2, 0) is 0 Å². The van der Waals surface area contributed by atoms with Crippen molar-refractivity contribution in [3.63, 3.8) is 0 Å². The van der Waals surface area contributed by atoms with E-state index in [0.29, 0.717) is 0 Å². The van der Waals surface area contributed by atoms with Gasteiger partial charge in [-0.1, -0.05) is 15.9 Å². The van der Waals surface area contributed by atoms with Crippen molar-refractivity contribution in [2.45, 2.75) is 6.92 Å². The first-order valence-corrected chi connectivity index (χ1v) is 7.95. The van der Waals surface area contributed by atoms with Gasteiger partial charge in [0.25, 0.3) is 0 Å². The maximum Gasteiger partial charge on any atom is 0.0753 e. The Labute approximate surface area is 141 Å². The van der Waals surface area contributed by atoms with E-state index in [1.807, 2.05) is 6.20 Å². The van der Waals surface area contributed by atoms with Crippen LogP contribution in [0.3, 0.4) is 0 Å². The van der Waals surface area contributed by atoms with Gasteiger partial charge in [-0.3, -0.25) is 4.98 Å². The van der Waals surface area contributed by atoms with Crippen LogP contribution >= 0.6 is 44.3 Å². The summed E-state index contributed by atoms with van der Waals surface area (Å²) >= 11 is 7.25. The van der Waals surface area contributed by atoms with Gasteiger partial charge in [0, 0.05) is 42.2 Å². The molecule has 1 saturated heterocycles. The smallest absolute Gasteiger partial charge is 0.0753 e. The van der Waals surface area contributed by atoms with Gasteiger partial charge in [0.05, 0.1) is 15.7 Å². The Kier molecular flexibility index (Phi) is 5.29. The number of hydrogen-bond acceptors (Lipinski definition) is 3. The minimum Gasteiger partial charge on any atom is -0.367 e. The molecule has 0 radical (unpaired) electrons. The van der Waals surface area contributed by atoms with Crippen LogP contribution in [-0.4, -0.2) is 31.2 Å². The Morgan fingerprint density at radius 2 is 1.90 bits per heavy atom. The fourth-order valence-corrected chi connectivity index (χ4v) is 3.75. The van der Waals surface area contributed by atoms with Gasteiger partial charge in [-0.2, -0.15) is 0 Å². The number of nitrogens with zero attached hydrogens (tertiary/aromatic N) is 2. The molecule has 3 rings (SSSR count). The number of aryl methyl sites for hydroxylation is 1. The lowest BCUT2D eigenvalue weighted by molar-refractivity contribution is 0.589. The van der Waals surface area contributed by atoms with E-state index < -0.39 is 0 Å². The largest absolute Gasteiger partial charge is 0.367 e. The first-order chi connectivity index (χ1) is 9.16. The number of hydrogen-bond donors (Lipinski definition) is 1. The molecule has 3 nitrogen and oxygen atoms in total. The Bertz CT molecular complexity index is 627. The molecule has 20 heavy (non-hydrogen) atoms. The minimum absolute atomic E-state index is 0. The maximum atomic E-state index is 4.57. The lowest BCUT2D eigenvalue weighted by atomic mass is 10.1. The number of rotatable bonds is 1. The van der Waals surface area contributed by atoms with E-state index in [4.69, 9.17) is 0 Å². The van der Waals surface area contributed by atoms with Gasteiger partial charge < -0.3 is 10.2 Å². The molecule has 1 aromatic heterocycles. The number of anilines is 1. The summed E-state index contributed by atoms with van der Waals surface area (Å²) in [5.74, 6) is 0. The van der Waals surface area contributed by atoms with Crippen LogP contribution in [0.2, 0.25) is 0 Å². The third-order valence-electron chi connectivity index (χ3n) is 3.49. The number of nitrogens with one attached hydrogen (secondary N) is 1. The van der Waals surface area contributed by atoms with Crippen molar-refractivity contribution in [1.82, 2.24) is 10.3 Å². The minimum atomic E-state index is 0. The van der Waals surface area contributed by atoms with Gasteiger partial charge in [-0.25, -0.2) is 0 Å². The molecule has 1 fully saturated rings. The molecule has 6 heteroatoms. The normalized spacial score (nSPS) is 15.2. The van der Waals surface area contributed by atoms with Crippen molar-refractivity contribution in [3.8, 4) is 0 Å². The van der Waals surface area contributed by atoms with E-state index in [1.54, 1.807) is 0 Å². The van der Waals surface area contributed by atoms with Crippen molar-refractivity contribution < 1.29 is 0 Å². The average molecular weight is 422 g/mol. The molecule has 0 spiro atoms. The van der Waals surface area contributed by atoms with E-state index in [9.17, 15) is 0 Å². The molecule has 2 aromatic rings. The second kappa shape index (κ2) is 6.60. The van der Waals surface area contributed by atoms with Gasteiger partial charge in [0.2, 0.25) is 0 Å². The van der Waals surface area contributed by atoms with Gasteiger partial charge >= 0.3 is 0 Å². The molecule has 1 aliphatic rings. The van der Waals surface area contributed by atoms with Gasteiger partial charge in [0.1, 0.15) is 0 Å². The molecule has 0 atom stereocenters. The number of pyridine rings is 1. The number of benzene rings is 1. The lowest BCUT2D eigenvalue weighted by Crippen LogP contribution is -2.43. The number of halogens is 3. The van der Waals surface area contributed by atoms with Crippen molar-refractivity contribution >= 4 is 60.9 Å². The van der Waals surface area contributed by atoms with Crippen LogP contribution in [0.25, 0.3) is 10.9 Å². The highest BCUT2D eigenvalue weighted by atomic mass is 79.9. The van der Waals surface area contributed by atoms with E-state index in [-0.39, 0.29) is 12.4 Å². The molecule has 0 saturated carbocycles. The third kappa shape index (κ3) is 2.96. The molecular weight excluding hydrogens is 405 g/mol. The topological polar surface area (TPSA) is 28.2 Å². The summed E-state index contributed by atoms with van der Waals surface area (Å²) in [6.45, 7) is 6.23. The number of aromatic nitrogens is 1. The van der Waals surface area contributed by atoms with Crippen molar-refractivity contribution in [2.75, 3.05) is 31.1 Å².